The molecule has 0 heterocycles. The fourth-order valence-electron chi connectivity index (χ4n) is 1.90. The first-order valence-corrected chi connectivity index (χ1v) is 7.25. The lowest BCUT2D eigenvalue weighted by molar-refractivity contribution is 0.0697. The molecule has 0 saturated heterocycles. The van der Waals surface area contributed by atoms with Gasteiger partial charge in [-0.3, -0.25) is 0 Å². The summed E-state index contributed by atoms with van der Waals surface area (Å²) in [5.74, 6) is -0.902. The maximum atomic E-state index is 10.7. The van der Waals surface area contributed by atoms with E-state index in [4.69, 9.17) is 28.3 Å². The van der Waals surface area contributed by atoms with Crippen LogP contribution in [0.15, 0.2) is 48.5 Å². The number of halogens is 2. The van der Waals surface area contributed by atoms with Crippen molar-refractivity contribution in [3.63, 3.8) is 0 Å². The topological polar surface area (TPSA) is 37.3 Å². The summed E-state index contributed by atoms with van der Waals surface area (Å²) in [7, 11) is 0. The van der Waals surface area contributed by atoms with Crippen molar-refractivity contribution in [3.8, 4) is 0 Å². The van der Waals surface area contributed by atoms with E-state index in [0.29, 0.717) is 15.6 Å². The molecule has 0 aromatic heterocycles. The minimum Gasteiger partial charge on any atom is -0.478 e. The van der Waals surface area contributed by atoms with Crippen LogP contribution in [0, 0.1) is 0 Å². The second-order valence-corrected chi connectivity index (χ2v) is 5.43. The van der Waals surface area contributed by atoms with Crippen LogP contribution in [-0.4, -0.2) is 11.1 Å². The van der Waals surface area contributed by atoms with Crippen molar-refractivity contribution in [2.45, 2.75) is 12.8 Å². The molecule has 4 heteroatoms. The summed E-state index contributed by atoms with van der Waals surface area (Å²) in [5, 5.41) is 9.92. The van der Waals surface area contributed by atoms with Gasteiger partial charge in [-0.1, -0.05) is 53.6 Å². The highest BCUT2D eigenvalue weighted by atomic mass is 35.5. The molecule has 0 saturated carbocycles. The molecule has 0 unspecified atom stereocenters. The van der Waals surface area contributed by atoms with Gasteiger partial charge in [-0.25, -0.2) is 4.79 Å². The Labute approximate surface area is 133 Å². The van der Waals surface area contributed by atoms with E-state index in [0.717, 1.165) is 24.0 Å². The molecule has 2 aromatic carbocycles. The molecule has 0 atom stereocenters. The summed E-state index contributed by atoms with van der Waals surface area (Å²) in [4.78, 5) is 10.7. The first-order valence-electron chi connectivity index (χ1n) is 6.50. The summed E-state index contributed by atoms with van der Waals surface area (Å²) in [6, 6.07) is 12.4. The van der Waals surface area contributed by atoms with Crippen LogP contribution in [0.1, 0.15) is 27.9 Å². The van der Waals surface area contributed by atoms with Crippen LogP contribution in [0.25, 0.3) is 6.08 Å². The second-order valence-electron chi connectivity index (χ2n) is 4.62. The summed E-state index contributed by atoms with van der Waals surface area (Å²) in [5.41, 5.74) is 2.43. The lowest BCUT2D eigenvalue weighted by Gasteiger charge is -2.00. The number of hydrogen-bond donors (Lipinski definition) is 1. The fraction of sp³-hybridized carbons (Fsp3) is 0.118. The van der Waals surface area contributed by atoms with E-state index in [2.05, 4.69) is 6.08 Å². The Hall–Kier alpha value is -1.77. The zero-order valence-corrected chi connectivity index (χ0v) is 12.7. The predicted octanol–water partition coefficient (Wildman–Crippen LogP) is 5.34. The molecular formula is C17H14Cl2O2. The van der Waals surface area contributed by atoms with Crippen molar-refractivity contribution >= 4 is 35.2 Å². The van der Waals surface area contributed by atoms with Crippen molar-refractivity contribution in [1.82, 2.24) is 0 Å². The van der Waals surface area contributed by atoms with Crippen molar-refractivity contribution in [2.24, 2.45) is 0 Å². The molecular weight excluding hydrogens is 307 g/mol. The van der Waals surface area contributed by atoms with Gasteiger partial charge < -0.3 is 5.11 Å². The monoisotopic (exact) mass is 320 g/mol. The van der Waals surface area contributed by atoms with Gasteiger partial charge in [0, 0.05) is 0 Å². The van der Waals surface area contributed by atoms with Gasteiger partial charge in [-0.2, -0.15) is 0 Å². The molecule has 0 aliphatic heterocycles. The molecule has 0 radical (unpaired) electrons. The van der Waals surface area contributed by atoms with E-state index in [-0.39, 0.29) is 0 Å². The van der Waals surface area contributed by atoms with Crippen LogP contribution in [0.2, 0.25) is 10.0 Å². The van der Waals surface area contributed by atoms with E-state index in [1.165, 1.54) is 0 Å². The third kappa shape index (κ3) is 4.62. The SMILES string of the molecule is O=C(O)c1ccc(CCC=Cc2ccc(Cl)c(Cl)c2)cc1. The summed E-state index contributed by atoms with van der Waals surface area (Å²) in [6.07, 6.45) is 5.78. The van der Waals surface area contributed by atoms with Crippen LogP contribution in [0.4, 0.5) is 0 Å². The Morgan fingerprint density at radius 2 is 1.76 bits per heavy atom. The molecule has 108 valence electrons. The van der Waals surface area contributed by atoms with Crippen molar-refractivity contribution in [1.29, 1.82) is 0 Å². The number of aromatic carboxylic acids is 1. The van der Waals surface area contributed by atoms with Gasteiger partial charge in [-0.05, 0) is 48.2 Å². The molecule has 0 aliphatic rings. The van der Waals surface area contributed by atoms with Crippen molar-refractivity contribution < 1.29 is 9.90 Å². The molecule has 2 nitrogen and oxygen atoms in total. The second kappa shape index (κ2) is 7.30. The van der Waals surface area contributed by atoms with Crippen LogP contribution < -0.4 is 0 Å². The molecule has 1 N–H and O–H groups in total. The highest BCUT2D eigenvalue weighted by Gasteiger charge is 2.01. The van der Waals surface area contributed by atoms with Crippen LogP contribution in [-0.2, 0) is 6.42 Å². The summed E-state index contributed by atoms with van der Waals surface area (Å²) in [6.45, 7) is 0. The Morgan fingerprint density at radius 1 is 1.05 bits per heavy atom. The van der Waals surface area contributed by atoms with Gasteiger partial charge in [0.1, 0.15) is 0 Å². The molecule has 0 amide bonds. The van der Waals surface area contributed by atoms with E-state index in [1.54, 1.807) is 18.2 Å². The maximum absolute atomic E-state index is 10.7. The highest BCUT2D eigenvalue weighted by molar-refractivity contribution is 6.42. The molecule has 0 aliphatic carbocycles. The Morgan fingerprint density at radius 3 is 2.38 bits per heavy atom. The smallest absolute Gasteiger partial charge is 0.335 e. The average Bonchev–Trinajstić information content (AvgIpc) is 2.47. The fourth-order valence-corrected chi connectivity index (χ4v) is 2.21. The number of carboxylic acids is 1. The van der Waals surface area contributed by atoms with Crippen LogP contribution >= 0.6 is 23.2 Å². The Kier molecular flexibility index (Phi) is 5.43. The van der Waals surface area contributed by atoms with E-state index in [1.807, 2.05) is 30.3 Å². The zero-order chi connectivity index (χ0) is 15.2. The van der Waals surface area contributed by atoms with Gasteiger partial charge in [0.15, 0.2) is 0 Å². The third-order valence-electron chi connectivity index (χ3n) is 3.05. The van der Waals surface area contributed by atoms with Crippen molar-refractivity contribution in [3.05, 3.63) is 75.3 Å². The first kappa shape index (κ1) is 15.6. The van der Waals surface area contributed by atoms with Gasteiger partial charge >= 0.3 is 5.97 Å². The van der Waals surface area contributed by atoms with E-state index >= 15 is 0 Å². The minimum atomic E-state index is -0.902. The molecule has 2 rings (SSSR count). The van der Waals surface area contributed by atoms with Gasteiger partial charge in [0.25, 0.3) is 0 Å². The minimum absolute atomic E-state index is 0.310. The third-order valence-corrected chi connectivity index (χ3v) is 3.79. The van der Waals surface area contributed by atoms with Gasteiger partial charge in [0.2, 0.25) is 0 Å². The number of hydrogen-bond acceptors (Lipinski definition) is 1. The average molecular weight is 321 g/mol. The van der Waals surface area contributed by atoms with Crippen LogP contribution in [0.5, 0.6) is 0 Å². The number of rotatable bonds is 5. The number of aryl methyl sites for hydroxylation is 1. The molecule has 2 aromatic rings. The number of carboxylic acid groups (broad SMARTS) is 1. The van der Waals surface area contributed by atoms with E-state index < -0.39 is 5.97 Å². The summed E-state index contributed by atoms with van der Waals surface area (Å²) < 4.78 is 0. The lowest BCUT2D eigenvalue weighted by Crippen LogP contribution is -1.95. The predicted molar refractivity (Wildman–Crippen MR) is 87.2 cm³/mol. The quantitative estimate of drug-likeness (QED) is 0.807. The largest absolute Gasteiger partial charge is 0.478 e. The molecule has 0 spiro atoms. The summed E-state index contributed by atoms with van der Waals surface area (Å²) >= 11 is 11.8. The van der Waals surface area contributed by atoms with Crippen molar-refractivity contribution in [2.75, 3.05) is 0 Å². The maximum Gasteiger partial charge on any atom is 0.335 e. The normalized spacial score (nSPS) is 11.0. The van der Waals surface area contributed by atoms with Gasteiger partial charge in [-0.15, -0.1) is 0 Å². The Bertz CT molecular complexity index is 661. The highest BCUT2D eigenvalue weighted by Crippen LogP contribution is 2.23. The molecule has 0 fully saturated rings. The first-order chi connectivity index (χ1) is 10.1. The standard InChI is InChI=1S/C17H14Cl2O2/c18-15-10-7-13(11-16(15)19)4-2-1-3-12-5-8-14(9-6-12)17(20)21/h2,4-11H,1,3H2,(H,20,21). The number of carbonyl (C=O) groups is 1. The molecule has 0 bridgehead atoms. The van der Waals surface area contributed by atoms with Gasteiger partial charge in [0.05, 0.1) is 15.6 Å². The zero-order valence-electron chi connectivity index (χ0n) is 11.2. The lowest BCUT2D eigenvalue weighted by atomic mass is 10.1. The number of allylic oxidation sites excluding steroid dienone is 1. The number of benzene rings is 2. The molecule has 21 heavy (non-hydrogen) atoms. The Balaban J connectivity index is 1.89. The van der Waals surface area contributed by atoms with E-state index in [9.17, 15) is 4.79 Å². The van der Waals surface area contributed by atoms with Crippen LogP contribution in [0.3, 0.4) is 0 Å².